The van der Waals surface area contributed by atoms with Gasteiger partial charge in [-0.25, -0.2) is 17.9 Å². The van der Waals surface area contributed by atoms with Crippen LogP contribution in [0.15, 0.2) is 41.3 Å². The first-order valence-corrected chi connectivity index (χ1v) is 8.35. The largest absolute Gasteiger partial charge is 0.416 e. The van der Waals surface area contributed by atoms with Crippen molar-refractivity contribution in [2.24, 2.45) is 5.14 Å². The zero-order valence-corrected chi connectivity index (χ0v) is 13.6. The summed E-state index contributed by atoms with van der Waals surface area (Å²) in [4.78, 5) is 9.38. The van der Waals surface area contributed by atoms with Gasteiger partial charge in [0.25, 0.3) is 0 Å². The summed E-state index contributed by atoms with van der Waals surface area (Å²) >= 11 is 0. The zero-order chi connectivity index (χ0) is 19.7. The number of hydrogen-bond acceptors (Lipinski definition) is 5. The van der Waals surface area contributed by atoms with Crippen LogP contribution < -0.4 is 10.5 Å². The molecule has 0 fully saturated rings. The summed E-state index contributed by atoms with van der Waals surface area (Å²) in [7, 11) is -4.43. The molecule has 0 radical (unpaired) electrons. The molecule has 0 saturated heterocycles. The maximum absolute atomic E-state index is 13.1. The van der Waals surface area contributed by atoms with Gasteiger partial charge in [-0.05, 0) is 29.8 Å². The van der Waals surface area contributed by atoms with Crippen molar-refractivity contribution in [1.29, 1.82) is 0 Å². The number of rotatable bonds is 5. The molecule has 7 nitrogen and oxygen atoms in total. The minimum Gasteiger partial charge on any atom is -0.375 e. The fourth-order valence-electron chi connectivity index (χ4n) is 2.24. The predicted molar refractivity (Wildman–Crippen MR) is 83.2 cm³/mol. The Hall–Kier alpha value is -2.73. The number of nitrogens with two attached hydrogens (primary N) is 1. The Labute approximate surface area is 144 Å². The molecule has 0 heterocycles. The van der Waals surface area contributed by atoms with E-state index < -0.39 is 49.6 Å². The van der Waals surface area contributed by atoms with Crippen molar-refractivity contribution < 1.29 is 30.9 Å². The molecule has 0 aliphatic carbocycles. The maximum Gasteiger partial charge on any atom is 0.416 e. The number of benzene rings is 2. The summed E-state index contributed by atoms with van der Waals surface area (Å²) < 4.78 is 75.0. The highest BCUT2D eigenvalue weighted by Gasteiger charge is 2.34. The fraction of sp³-hybridized carbons (Fsp3) is 0.143. The second-order valence-corrected chi connectivity index (χ2v) is 6.64. The topological polar surface area (TPSA) is 115 Å². The van der Waals surface area contributed by atoms with Gasteiger partial charge in [0.15, 0.2) is 4.90 Å². The van der Waals surface area contributed by atoms with Gasteiger partial charge in [-0.2, -0.15) is 13.2 Å². The maximum atomic E-state index is 13.1. The van der Waals surface area contributed by atoms with Crippen LogP contribution in [-0.2, 0) is 22.7 Å². The van der Waals surface area contributed by atoms with Crippen molar-refractivity contribution in [3.05, 3.63) is 63.5 Å². The van der Waals surface area contributed by atoms with Gasteiger partial charge in [0.05, 0.1) is 10.5 Å². The van der Waals surface area contributed by atoms with Gasteiger partial charge in [-0.1, -0.05) is 12.1 Å². The molecule has 0 spiro atoms. The average Bonchev–Trinajstić information content (AvgIpc) is 2.51. The lowest BCUT2D eigenvalue weighted by Gasteiger charge is -2.14. The molecule has 0 aromatic heterocycles. The number of nitrogens with zero attached hydrogens (tertiary/aromatic N) is 1. The monoisotopic (exact) mass is 393 g/mol. The number of alkyl halides is 3. The number of nitrogens with one attached hydrogen (secondary N) is 1. The van der Waals surface area contributed by atoms with Crippen molar-refractivity contribution in [3.63, 3.8) is 0 Å². The Morgan fingerprint density at radius 2 is 1.85 bits per heavy atom. The molecule has 2 rings (SSSR count). The molecule has 0 aliphatic heterocycles. The van der Waals surface area contributed by atoms with Gasteiger partial charge in [-0.15, -0.1) is 0 Å². The van der Waals surface area contributed by atoms with E-state index in [9.17, 15) is 36.1 Å². The van der Waals surface area contributed by atoms with Gasteiger partial charge in [-0.3, -0.25) is 10.1 Å². The third kappa shape index (κ3) is 4.26. The lowest BCUT2D eigenvalue weighted by Crippen LogP contribution is -2.16. The minimum atomic E-state index is -4.84. The number of halogens is 4. The van der Waals surface area contributed by atoms with Crippen molar-refractivity contribution in [2.75, 3.05) is 5.32 Å². The molecule has 2 aromatic rings. The van der Waals surface area contributed by atoms with Crippen molar-refractivity contribution in [3.8, 4) is 0 Å². The molecule has 3 N–H and O–H groups in total. The molecule has 0 unspecified atom stereocenters. The number of hydrogen-bond donors (Lipinski definition) is 2. The number of sulfonamides is 1. The van der Waals surface area contributed by atoms with Crippen LogP contribution in [0.25, 0.3) is 0 Å². The molecular formula is C14H11F4N3O4S. The van der Waals surface area contributed by atoms with E-state index in [0.717, 1.165) is 30.3 Å². The van der Waals surface area contributed by atoms with Crippen LogP contribution in [0.4, 0.5) is 28.9 Å². The van der Waals surface area contributed by atoms with E-state index in [1.807, 2.05) is 0 Å². The highest BCUT2D eigenvalue weighted by atomic mass is 32.2. The lowest BCUT2D eigenvalue weighted by molar-refractivity contribution is -0.386. The van der Waals surface area contributed by atoms with E-state index in [-0.39, 0.29) is 11.3 Å². The van der Waals surface area contributed by atoms with E-state index in [1.165, 1.54) is 0 Å². The van der Waals surface area contributed by atoms with Gasteiger partial charge in [0.2, 0.25) is 10.0 Å². The van der Waals surface area contributed by atoms with Crippen LogP contribution in [0.2, 0.25) is 0 Å². The van der Waals surface area contributed by atoms with Crippen LogP contribution in [0, 0.1) is 15.9 Å². The molecule has 2 aromatic carbocycles. The van der Waals surface area contributed by atoms with Crippen LogP contribution in [-0.4, -0.2) is 13.3 Å². The van der Waals surface area contributed by atoms with E-state index in [2.05, 4.69) is 5.32 Å². The molecule has 0 atom stereocenters. The number of nitro benzene ring substituents is 1. The van der Waals surface area contributed by atoms with E-state index >= 15 is 0 Å². The Morgan fingerprint density at radius 3 is 2.38 bits per heavy atom. The summed E-state index contributed by atoms with van der Waals surface area (Å²) in [6.07, 6.45) is -4.84. The second kappa shape index (κ2) is 6.88. The third-order valence-corrected chi connectivity index (χ3v) is 4.28. The zero-order valence-electron chi connectivity index (χ0n) is 12.7. The van der Waals surface area contributed by atoms with Crippen molar-refractivity contribution in [2.45, 2.75) is 17.6 Å². The van der Waals surface area contributed by atoms with Gasteiger partial charge in [0.1, 0.15) is 11.5 Å². The highest BCUT2D eigenvalue weighted by molar-refractivity contribution is 7.89. The molecule has 0 bridgehead atoms. The summed E-state index contributed by atoms with van der Waals surface area (Å²) in [6.45, 7) is -0.565. The number of primary sulfonamides is 1. The number of nitro groups is 1. The van der Waals surface area contributed by atoms with Gasteiger partial charge >= 0.3 is 11.9 Å². The lowest BCUT2D eigenvalue weighted by atomic mass is 10.1. The molecule has 26 heavy (non-hydrogen) atoms. The number of anilines is 1. The Balaban J connectivity index is 2.45. The first-order valence-electron chi connectivity index (χ1n) is 6.81. The SMILES string of the molecule is NS(=O)(=O)c1cccc(NCc2ccc(F)cc2C(F)(F)F)c1[N+](=O)[O-]. The highest BCUT2D eigenvalue weighted by Crippen LogP contribution is 2.35. The van der Waals surface area contributed by atoms with Gasteiger partial charge < -0.3 is 5.32 Å². The quantitative estimate of drug-likeness (QED) is 0.460. The van der Waals surface area contributed by atoms with E-state index in [4.69, 9.17) is 5.14 Å². The van der Waals surface area contributed by atoms with Crippen LogP contribution >= 0.6 is 0 Å². The molecule has 0 aliphatic rings. The number of para-hydroxylation sites is 1. The molecule has 12 heteroatoms. The van der Waals surface area contributed by atoms with E-state index in [0.29, 0.717) is 6.07 Å². The van der Waals surface area contributed by atoms with Gasteiger partial charge in [0, 0.05) is 6.54 Å². The van der Waals surface area contributed by atoms with Crippen molar-refractivity contribution >= 4 is 21.4 Å². The van der Waals surface area contributed by atoms with E-state index in [1.54, 1.807) is 0 Å². The normalized spacial score (nSPS) is 12.0. The first-order chi connectivity index (χ1) is 11.9. The second-order valence-electron chi connectivity index (χ2n) is 5.11. The molecule has 0 amide bonds. The average molecular weight is 393 g/mol. The fourth-order valence-corrected chi connectivity index (χ4v) is 2.96. The third-order valence-electron chi connectivity index (χ3n) is 3.33. The summed E-state index contributed by atoms with van der Waals surface area (Å²) in [5.74, 6) is -1.09. The smallest absolute Gasteiger partial charge is 0.375 e. The summed E-state index contributed by atoms with van der Waals surface area (Å²) in [5.41, 5.74) is -2.88. The Kier molecular flexibility index (Phi) is 5.18. The Morgan fingerprint density at radius 1 is 1.19 bits per heavy atom. The molecule has 140 valence electrons. The molecule has 0 saturated carbocycles. The summed E-state index contributed by atoms with van der Waals surface area (Å²) in [6, 6.07) is 5.14. The minimum absolute atomic E-state index is 0.298. The van der Waals surface area contributed by atoms with Crippen molar-refractivity contribution in [1.82, 2.24) is 0 Å². The van der Waals surface area contributed by atoms with Crippen LogP contribution in [0.1, 0.15) is 11.1 Å². The first kappa shape index (κ1) is 19.6. The van der Waals surface area contributed by atoms with Crippen LogP contribution in [0.3, 0.4) is 0 Å². The van der Waals surface area contributed by atoms with Crippen LogP contribution in [0.5, 0.6) is 0 Å². The molecular weight excluding hydrogens is 382 g/mol. The standard InChI is InChI=1S/C14H11F4N3O4S/c15-9-5-4-8(10(6-9)14(16,17)18)7-20-11-2-1-3-12(26(19,24)25)13(11)21(22)23/h1-6,20H,7H2,(H2,19,24,25). The Bertz CT molecular complexity index is 961. The summed E-state index contributed by atoms with van der Waals surface area (Å²) in [5, 5.41) is 18.5. The predicted octanol–water partition coefficient (Wildman–Crippen LogP) is 3.01.